The fourth-order valence-electron chi connectivity index (χ4n) is 4.36. The predicted molar refractivity (Wildman–Crippen MR) is 104 cm³/mol. The fourth-order valence-corrected chi connectivity index (χ4v) is 4.36. The number of benzene rings is 1. The van der Waals surface area contributed by atoms with Crippen molar-refractivity contribution in [1.29, 1.82) is 0 Å². The van der Waals surface area contributed by atoms with Crippen molar-refractivity contribution < 1.29 is 14.4 Å². The van der Waals surface area contributed by atoms with Crippen molar-refractivity contribution in [3.63, 3.8) is 0 Å². The van der Waals surface area contributed by atoms with Gasteiger partial charge in [0, 0.05) is 5.69 Å². The molecule has 6 heteroatoms. The summed E-state index contributed by atoms with van der Waals surface area (Å²) in [6.07, 6.45) is 5.14. The summed E-state index contributed by atoms with van der Waals surface area (Å²) in [5.41, 5.74) is 2.08. The largest absolute Gasteiger partial charge is 0.325 e. The molecule has 1 saturated heterocycles. The van der Waals surface area contributed by atoms with Crippen molar-refractivity contribution in [3.05, 3.63) is 29.3 Å². The molecule has 1 aromatic carbocycles. The molecule has 1 aliphatic carbocycles. The second kappa shape index (κ2) is 7.71. The average molecular weight is 371 g/mol. The molecule has 0 bridgehead atoms. The number of hydrogen-bond donors (Lipinski definition) is 2. The number of rotatable bonds is 5. The molecule has 2 aliphatic rings. The van der Waals surface area contributed by atoms with Crippen LogP contribution in [0.25, 0.3) is 0 Å². The standard InChI is InChI=1S/C21H29N3O3/c1-4-15-10-8-11-16(5-2)18(15)22-17(25)13-24-19(26)21(23-20(24)27)12-7-6-9-14(21)3/h8,10-11,14H,4-7,9,12-13H2,1-3H3,(H,22,25)(H,23,27)/t14-,21+/m1/s1. The zero-order valence-corrected chi connectivity index (χ0v) is 16.4. The Morgan fingerprint density at radius 2 is 1.89 bits per heavy atom. The lowest BCUT2D eigenvalue weighted by atomic mass is 9.73. The van der Waals surface area contributed by atoms with Crippen LogP contribution in [0, 0.1) is 5.92 Å². The Morgan fingerprint density at radius 1 is 1.22 bits per heavy atom. The Bertz CT molecular complexity index is 739. The molecule has 4 amide bonds. The molecule has 0 radical (unpaired) electrons. The van der Waals surface area contributed by atoms with Gasteiger partial charge >= 0.3 is 6.03 Å². The Morgan fingerprint density at radius 3 is 2.48 bits per heavy atom. The van der Waals surface area contributed by atoms with Crippen molar-refractivity contribution >= 4 is 23.5 Å². The van der Waals surface area contributed by atoms with Crippen molar-refractivity contribution in [2.24, 2.45) is 5.92 Å². The molecule has 3 rings (SSSR count). The maximum Gasteiger partial charge on any atom is 0.325 e. The molecule has 1 aromatic rings. The molecule has 1 aliphatic heterocycles. The highest BCUT2D eigenvalue weighted by Crippen LogP contribution is 2.38. The van der Waals surface area contributed by atoms with Crippen LogP contribution in [0.2, 0.25) is 0 Å². The quantitative estimate of drug-likeness (QED) is 0.780. The number of nitrogens with one attached hydrogen (secondary N) is 2. The maximum absolute atomic E-state index is 13.0. The number of hydrogen-bond acceptors (Lipinski definition) is 3. The van der Waals surface area contributed by atoms with Gasteiger partial charge < -0.3 is 10.6 Å². The summed E-state index contributed by atoms with van der Waals surface area (Å²) >= 11 is 0. The molecule has 6 nitrogen and oxygen atoms in total. The van der Waals surface area contributed by atoms with Gasteiger partial charge in [0.15, 0.2) is 0 Å². The molecular formula is C21H29N3O3. The third kappa shape index (κ3) is 3.45. The summed E-state index contributed by atoms with van der Waals surface area (Å²) in [6, 6.07) is 5.50. The number of para-hydroxylation sites is 1. The molecule has 0 unspecified atom stereocenters. The number of anilines is 1. The molecule has 146 valence electrons. The Labute approximate surface area is 160 Å². The first kappa shape index (κ1) is 19.4. The van der Waals surface area contributed by atoms with E-state index in [0.717, 1.165) is 53.8 Å². The van der Waals surface area contributed by atoms with Crippen LogP contribution >= 0.6 is 0 Å². The summed E-state index contributed by atoms with van der Waals surface area (Å²) in [7, 11) is 0. The SMILES string of the molecule is CCc1cccc(CC)c1NC(=O)CN1C(=O)N[C@]2(CCCC[C@H]2C)C1=O. The monoisotopic (exact) mass is 371 g/mol. The van der Waals surface area contributed by atoms with E-state index in [1.807, 2.05) is 39.0 Å². The minimum atomic E-state index is -0.828. The number of urea groups is 1. The van der Waals surface area contributed by atoms with Crippen LogP contribution in [0.15, 0.2) is 18.2 Å². The van der Waals surface area contributed by atoms with Crippen LogP contribution in [-0.4, -0.2) is 34.8 Å². The van der Waals surface area contributed by atoms with E-state index >= 15 is 0 Å². The minimum absolute atomic E-state index is 0.0864. The molecule has 2 atom stereocenters. The van der Waals surface area contributed by atoms with Gasteiger partial charge in [-0.1, -0.05) is 51.8 Å². The molecule has 1 spiro atoms. The van der Waals surface area contributed by atoms with E-state index in [9.17, 15) is 14.4 Å². The van der Waals surface area contributed by atoms with Gasteiger partial charge in [0.25, 0.3) is 5.91 Å². The lowest BCUT2D eigenvalue weighted by Crippen LogP contribution is -2.54. The highest BCUT2D eigenvalue weighted by atomic mass is 16.2. The summed E-state index contributed by atoms with van der Waals surface area (Å²) in [4.78, 5) is 39.2. The van der Waals surface area contributed by atoms with Crippen LogP contribution in [0.5, 0.6) is 0 Å². The van der Waals surface area contributed by atoms with Gasteiger partial charge in [-0.2, -0.15) is 0 Å². The molecule has 1 saturated carbocycles. The van der Waals surface area contributed by atoms with Crippen molar-refractivity contribution in [2.45, 2.75) is 64.8 Å². The van der Waals surface area contributed by atoms with E-state index in [-0.39, 0.29) is 24.3 Å². The summed E-state index contributed by atoms with van der Waals surface area (Å²) < 4.78 is 0. The smallest absolute Gasteiger partial charge is 0.324 e. The number of nitrogens with zero attached hydrogens (tertiary/aromatic N) is 1. The first-order valence-electron chi connectivity index (χ1n) is 9.97. The van der Waals surface area contributed by atoms with E-state index in [1.54, 1.807) is 0 Å². The topological polar surface area (TPSA) is 78.5 Å². The molecule has 0 aromatic heterocycles. The highest BCUT2D eigenvalue weighted by molar-refractivity contribution is 6.10. The zero-order valence-electron chi connectivity index (χ0n) is 16.4. The molecule has 2 fully saturated rings. The third-order valence-electron chi connectivity index (χ3n) is 6.07. The van der Waals surface area contributed by atoms with Crippen LogP contribution in [0.3, 0.4) is 0 Å². The lowest BCUT2D eigenvalue weighted by Gasteiger charge is -2.36. The lowest BCUT2D eigenvalue weighted by molar-refractivity contribution is -0.136. The van der Waals surface area contributed by atoms with Gasteiger partial charge in [0.2, 0.25) is 5.91 Å². The second-order valence-corrected chi connectivity index (χ2v) is 7.65. The number of carbonyl (C=O) groups excluding carboxylic acids is 3. The number of aryl methyl sites for hydroxylation is 2. The van der Waals surface area contributed by atoms with E-state index in [2.05, 4.69) is 10.6 Å². The Hall–Kier alpha value is -2.37. The van der Waals surface area contributed by atoms with Gasteiger partial charge in [0.1, 0.15) is 12.1 Å². The van der Waals surface area contributed by atoms with Gasteiger partial charge in [-0.05, 0) is 42.7 Å². The van der Waals surface area contributed by atoms with Crippen molar-refractivity contribution in [2.75, 3.05) is 11.9 Å². The highest BCUT2D eigenvalue weighted by Gasteiger charge is 2.55. The number of amides is 4. The van der Waals surface area contributed by atoms with E-state index in [1.165, 1.54) is 0 Å². The number of carbonyl (C=O) groups is 3. The maximum atomic E-state index is 13.0. The summed E-state index contributed by atoms with van der Waals surface area (Å²) in [6.45, 7) is 5.83. The van der Waals surface area contributed by atoms with Gasteiger partial charge in [-0.15, -0.1) is 0 Å². The zero-order chi connectivity index (χ0) is 19.6. The number of imide groups is 1. The molecule has 2 N–H and O–H groups in total. The Kier molecular flexibility index (Phi) is 5.53. The second-order valence-electron chi connectivity index (χ2n) is 7.65. The van der Waals surface area contributed by atoms with Crippen LogP contribution in [0.1, 0.15) is 57.6 Å². The fraction of sp³-hybridized carbons (Fsp3) is 0.571. The predicted octanol–water partition coefficient (Wildman–Crippen LogP) is 3.25. The van der Waals surface area contributed by atoms with Crippen LogP contribution in [-0.2, 0) is 22.4 Å². The van der Waals surface area contributed by atoms with E-state index in [4.69, 9.17) is 0 Å². The van der Waals surface area contributed by atoms with Gasteiger partial charge in [0.05, 0.1) is 0 Å². The summed E-state index contributed by atoms with van der Waals surface area (Å²) in [5, 5.41) is 5.83. The van der Waals surface area contributed by atoms with Gasteiger partial charge in [-0.25, -0.2) is 4.79 Å². The van der Waals surface area contributed by atoms with Crippen molar-refractivity contribution in [3.8, 4) is 0 Å². The van der Waals surface area contributed by atoms with Crippen molar-refractivity contribution in [1.82, 2.24) is 10.2 Å². The third-order valence-corrected chi connectivity index (χ3v) is 6.07. The van der Waals surface area contributed by atoms with E-state index in [0.29, 0.717) is 6.42 Å². The normalized spacial score (nSPS) is 25.0. The van der Waals surface area contributed by atoms with Gasteiger partial charge in [-0.3, -0.25) is 14.5 Å². The molecule has 1 heterocycles. The van der Waals surface area contributed by atoms with E-state index < -0.39 is 11.6 Å². The first-order chi connectivity index (χ1) is 12.9. The molecular weight excluding hydrogens is 342 g/mol. The Balaban J connectivity index is 1.75. The van der Waals surface area contributed by atoms with Crippen LogP contribution < -0.4 is 10.6 Å². The summed E-state index contributed by atoms with van der Waals surface area (Å²) in [5.74, 6) is -0.507. The van der Waals surface area contributed by atoms with Crippen LogP contribution in [0.4, 0.5) is 10.5 Å². The molecule has 27 heavy (non-hydrogen) atoms. The minimum Gasteiger partial charge on any atom is -0.324 e. The first-order valence-corrected chi connectivity index (χ1v) is 9.97. The average Bonchev–Trinajstić information content (AvgIpc) is 2.89.